The van der Waals surface area contributed by atoms with Crippen LogP contribution in [0.25, 0.3) is 0 Å². The summed E-state index contributed by atoms with van der Waals surface area (Å²) in [4.78, 5) is 11.9. The standard InChI is InChI=1S/C14H16F3NO3/c15-14(16,17)21-12-7-2-1-4-9(12)8-18-13(20)10-5-3-6-11(10)19/h1-2,4,7,10-11,19H,3,5-6,8H2,(H,18,20). The van der Waals surface area contributed by atoms with Gasteiger partial charge in [0.1, 0.15) is 5.75 Å². The number of para-hydroxylation sites is 1. The van der Waals surface area contributed by atoms with Crippen LogP contribution in [0.1, 0.15) is 24.8 Å². The van der Waals surface area contributed by atoms with Crippen molar-refractivity contribution in [2.24, 2.45) is 5.92 Å². The predicted molar refractivity (Wildman–Crippen MR) is 68.3 cm³/mol. The topological polar surface area (TPSA) is 58.6 Å². The van der Waals surface area contributed by atoms with Gasteiger partial charge < -0.3 is 15.2 Å². The van der Waals surface area contributed by atoms with E-state index in [9.17, 15) is 23.1 Å². The van der Waals surface area contributed by atoms with Crippen LogP contribution in [0.15, 0.2) is 24.3 Å². The molecule has 4 nitrogen and oxygen atoms in total. The third-order valence-corrected chi connectivity index (χ3v) is 3.47. The van der Waals surface area contributed by atoms with Crippen molar-refractivity contribution in [3.05, 3.63) is 29.8 Å². The number of hydrogen-bond acceptors (Lipinski definition) is 3. The number of hydrogen-bond donors (Lipinski definition) is 2. The molecule has 2 rings (SSSR count). The molecule has 1 aromatic carbocycles. The summed E-state index contributed by atoms with van der Waals surface area (Å²) in [7, 11) is 0. The summed E-state index contributed by atoms with van der Waals surface area (Å²) < 4.78 is 40.7. The second-order valence-electron chi connectivity index (χ2n) is 4.98. The fraction of sp³-hybridized carbons (Fsp3) is 0.500. The largest absolute Gasteiger partial charge is 0.573 e. The molecular formula is C14H16F3NO3. The number of carbonyl (C=O) groups excluding carboxylic acids is 1. The van der Waals surface area contributed by atoms with Crippen molar-refractivity contribution in [1.82, 2.24) is 5.32 Å². The summed E-state index contributed by atoms with van der Waals surface area (Å²) in [6.45, 7) is -0.0751. The van der Waals surface area contributed by atoms with Crippen LogP contribution < -0.4 is 10.1 Å². The van der Waals surface area contributed by atoms with E-state index >= 15 is 0 Å². The lowest BCUT2D eigenvalue weighted by molar-refractivity contribution is -0.274. The van der Waals surface area contributed by atoms with Crippen LogP contribution in [0.5, 0.6) is 5.75 Å². The average molecular weight is 303 g/mol. The average Bonchev–Trinajstić information content (AvgIpc) is 2.82. The van der Waals surface area contributed by atoms with E-state index in [0.717, 1.165) is 6.42 Å². The van der Waals surface area contributed by atoms with E-state index in [1.54, 1.807) is 6.07 Å². The van der Waals surface area contributed by atoms with Crippen LogP contribution in [0.3, 0.4) is 0 Å². The fourth-order valence-electron chi connectivity index (χ4n) is 2.43. The Morgan fingerprint density at radius 3 is 2.67 bits per heavy atom. The van der Waals surface area contributed by atoms with Gasteiger partial charge in [-0.2, -0.15) is 0 Å². The van der Waals surface area contributed by atoms with Crippen LogP contribution >= 0.6 is 0 Å². The highest BCUT2D eigenvalue weighted by molar-refractivity contribution is 5.79. The molecule has 2 atom stereocenters. The van der Waals surface area contributed by atoms with Crippen LogP contribution in [-0.2, 0) is 11.3 Å². The second kappa shape index (κ2) is 6.34. The minimum Gasteiger partial charge on any atom is -0.405 e. The normalized spacial score (nSPS) is 22.1. The molecular weight excluding hydrogens is 287 g/mol. The molecule has 0 saturated heterocycles. The zero-order valence-electron chi connectivity index (χ0n) is 11.2. The Morgan fingerprint density at radius 1 is 1.33 bits per heavy atom. The predicted octanol–water partition coefficient (Wildman–Crippen LogP) is 2.36. The van der Waals surface area contributed by atoms with Gasteiger partial charge in [0.15, 0.2) is 0 Å². The van der Waals surface area contributed by atoms with Gasteiger partial charge in [0, 0.05) is 12.1 Å². The monoisotopic (exact) mass is 303 g/mol. The van der Waals surface area contributed by atoms with Gasteiger partial charge >= 0.3 is 6.36 Å². The van der Waals surface area contributed by atoms with Crippen LogP contribution in [0.4, 0.5) is 13.2 Å². The number of benzene rings is 1. The number of amides is 1. The van der Waals surface area contributed by atoms with Crippen molar-refractivity contribution in [3.8, 4) is 5.75 Å². The molecule has 116 valence electrons. The Morgan fingerprint density at radius 2 is 2.05 bits per heavy atom. The molecule has 21 heavy (non-hydrogen) atoms. The van der Waals surface area contributed by atoms with E-state index in [4.69, 9.17) is 0 Å². The smallest absolute Gasteiger partial charge is 0.405 e. The molecule has 0 heterocycles. The van der Waals surface area contributed by atoms with Gasteiger partial charge in [-0.15, -0.1) is 13.2 Å². The third-order valence-electron chi connectivity index (χ3n) is 3.47. The molecule has 0 aromatic heterocycles. The Bertz CT molecular complexity index is 504. The maximum atomic E-state index is 12.3. The molecule has 2 N–H and O–H groups in total. The van der Waals surface area contributed by atoms with Gasteiger partial charge in [-0.3, -0.25) is 4.79 Å². The molecule has 1 fully saturated rings. The minimum atomic E-state index is -4.78. The van der Waals surface area contributed by atoms with Crippen LogP contribution in [0.2, 0.25) is 0 Å². The highest BCUT2D eigenvalue weighted by Crippen LogP contribution is 2.27. The first-order valence-electron chi connectivity index (χ1n) is 6.66. The highest BCUT2D eigenvalue weighted by atomic mass is 19.4. The second-order valence-corrected chi connectivity index (χ2v) is 4.98. The van der Waals surface area contributed by atoms with Crippen molar-refractivity contribution in [3.63, 3.8) is 0 Å². The number of halogens is 3. The number of aliphatic hydroxyl groups is 1. The minimum absolute atomic E-state index is 0.0751. The molecule has 0 aliphatic heterocycles. The maximum absolute atomic E-state index is 12.3. The Balaban J connectivity index is 1.98. The SMILES string of the molecule is O=C(NCc1ccccc1OC(F)(F)F)C1CCCC1O. The number of rotatable bonds is 4. The van der Waals surface area contributed by atoms with Crippen molar-refractivity contribution < 1.29 is 27.8 Å². The molecule has 1 aromatic rings. The van der Waals surface area contributed by atoms with Gasteiger partial charge in [0.05, 0.1) is 12.0 Å². The third kappa shape index (κ3) is 4.35. The highest BCUT2D eigenvalue weighted by Gasteiger charge is 2.33. The van der Waals surface area contributed by atoms with Gasteiger partial charge in [-0.1, -0.05) is 18.2 Å². The van der Waals surface area contributed by atoms with E-state index in [0.29, 0.717) is 12.8 Å². The summed E-state index contributed by atoms with van der Waals surface area (Å²) in [5.41, 5.74) is 0.232. The summed E-state index contributed by atoms with van der Waals surface area (Å²) >= 11 is 0. The first-order chi connectivity index (χ1) is 9.87. The molecule has 1 saturated carbocycles. The molecule has 0 spiro atoms. The number of ether oxygens (including phenoxy) is 1. The van der Waals surface area contributed by atoms with Crippen molar-refractivity contribution in [1.29, 1.82) is 0 Å². The van der Waals surface area contributed by atoms with E-state index in [1.807, 2.05) is 0 Å². The number of aliphatic hydroxyl groups excluding tert-OH is 1. The van der Waals surface area contributed by atoms with Crippen molar-refractivity contribution >= 4 is 5.91 Å². The Hall–Kier alpha value is -1.76. The van der Waals surface area contributed by atoms with Crippen LogP contribution in [-0.4, -0.2) is 23.5 Å². The molecule has 0 bridgehead atoms. The zero-order chi connectivity index (χ0) is 15.5. The molecule has 1 aliphatic carbocycles. The van der Waals surface area contributed by atoms with Gasteiger partial charge in [0.2, 0.25) is 5.91 Å². The Labute approximate surface area is 119 Å². The lowest BCUT2D eigenvalue weighted by Gasteiger charge is -2.16. The van der Waals surface area contributed by atoms with E-state index in [1.165, 1.54) is 18.2 Å². The maximum Gasteiger partial charge on any atom is 0.573 e. The van der Waals surface area contributed by atoms with E-state index < -0.39 is 18.4 Å². The summed E-state index contributed by atoms with van der Waals surface area (Å²) in [5, 5.41) is 12.2. The molecule has 1 aliphatic rings. The fourth-order valence-corrected chi connectivity index (χ4v) is 2.43. The first-order valence-corrected chi connectivity index (χ1v) is 6.66. The van der Waals surface area contributed by atoms with Crippen molar-refractivity contribution in [2.75, 3.05) is 0 Å². The number of alkyl halides is 3. The van der Waals surface area contributed by atoms with E-state index in [2.05, 4.69) is 10.1 Å². The lowest BCUT2D eigenvalue weighted by Crippen LogP contribution is -2.34. The summed E-state index contributed by atoms with van der Waals surface area (Å²) in [5.74, 6) is -1.17. The Kier molecular flexibility index (Phi) is 4.72. The number of nitrogens with one attached hydrogen (secondary N) is 1. The lowest BCUT2D eigenvalue weighted by atomic mass is 10.1. The number of carbonyl (C=O) groups is 1. The quantitative estimate of drug-likeness (QED) is 0.898. The first kappa shape index (κ1) is 15.6. The molecule has 0 radical (unpaired) electrons. The van der Waals surface area contributed by atoms with Crippen molar-refractivity contribution in [2.45, 2.75) is 38.3 Å². The molecule has 1 amide bonds. The molecule has 7 heteroatoms. The van der Waals surface area contributed by atoms with E-state index in [-0.39, 0.29) is 23.8 Å². The van der Waals surface area contributed by atoms with Gasteiger partial charge in [-0.05, 0) is 25.3 Å². The zero-order valence-corrected chi connectivity index (χ0v) is 11.2. The summed E-state index contributed by atoms with van der Waals surface area (Å²) in [6, 6.07) is 5.63. The molecule has 2 unspecified atom stereocenters. The van der Waals surface area contributed by atoms with Gasteiger partial charge in [0.25, 0.3) is 0 Å². The summed E-state index contributed by atoms with van der Waals surface area (Å²) in [6.07, 6.45) is -3.51. The van der Waals surface area contributed by atoms with Crippen LogP contribution in [0, 0.1) is 5.92 Å². The van der Waals surface area contributed by atoms with Gasteiger partial charge in [-0.25, -0.2) is 0 Å².